The number of methoxy groups -OCH3 is 1. The van der Waals surface area contributed by atoms with E-state index in [1.54, 1.807) is 7.11 Å². The van der Waals surface area contributed by atoms with Gasteiger partial charge >= 0.3 is 0 Å². The van der Waals surface area contributed by atoms with Crippen molar-refractivity contribution in [3.8, 4) is 5.75 Å². The van der Waals surface area contributed by atoms with E-state index in [9.17, 15) is 0 Å². The third-order valence-electron chi connectivity index (χ3n) is 3.21. The van der Waals surface area contributed by atoms with Crippen molar-refractivity contribution < 1.29 is 4.74 Å². The van der Waals surface area contributed by atoms with Gasteiger partial charge < -0.3 is 4.74 Å². The molecule has 2 aromatic rings. The number of rotatable bonds is 6. The lowest BCUT2D eigenvalue weighted by Gasteiger charge is -2.05. The molecule has 0 amide bonds. The Morgan fingerprint density at radius 1 is 0.944 bits per heavy atom. The number of aryl methyl sites for hydroxylation is 1. The zero-order chi connectivity index (χ0) is 12.8. The van der Waals surface area contributed by atoms with Crippen LogP contribution in [0.15, 0.2) is 36.4 Å². The van der Waals surface area contributed by atoms with E-state index in [2.05, 4.69) is 46.3 Å². The molecule has 0 atom stereocenters. The number of hydrogen-bond acceptors (Lipinski definition) is 1. The van der Waals surface area contributed by atoms with Gasteiger partial charge in [0.25, 0.3) is 0 Å². The number of fused-ring (bicyclic) bond motifs is 1. The van der Waals surface area contributed by atoms with Crippen LogP contribution in [0.2, 0.25) is 0 Å². The summed E-state index contributed by atoms with van der Waals surface area (Å²) in [7, 11) is 1.71. The Balaban J connectivity index is 2.08. The predicted molar refractivity (Wildman–Crippen MR) is 81.8 cm³/mol. The molecule has 0 radical (unpaired) electrons. The molecule has 2 aromatic carbocycles. The molecule has 0 aliphatic rings. The minimum absolute atomic E-state index is 0.924. The summed E-state index contributed by atoms with van der Waals surface area (Å²) in [6.45, 7) is 0. The summed E-state index contributed by atoms with van der Waals surface area (Å²) in [6, 6.07) is 13.0. The Labute approximate surface area is 117 Å². The van der Waals surface area contributed by atoms with Gasteiger partial charge in [-0.3, -0.25) is 0 Å². The average Bonchev–Trinajstić information content (AvgIpc) is 2.43. The highest BCUT2D eigenvalue weighted by Gasteiger charge is 1.99. The van der Waals surface area contributed by atoms with Crippen molar-refractivity contribution in [2.45, 2.75) is 25.7 Å². The smallest absolute Gasteiger partial charge is 0.119 e. The van der Waals surface area contributed by atoms with Crippen LogP contribution in [-0.4, -0.2) is 12.4 Å². The van der Waals surface area contributed by atoms with Crippen molar-refractivity contribution in [1.29, 1.82) is 0 Å². The van der Waals surface area contributed by atoms with Crippen molar-refractivity contribution in [3.63, 3.8) is 0 Å². The van der Waals surface area contributed by atoms with E-state index in [0.717, 1.165) is 11.1 Å². The summed E-state index contributed by atoms with van der Waals surface area (Å²) in [4.78, 5) is 0. The van der Waals surface area contributed by atoms with Gasteiger partial charge in [-0.15, -0.1) is 0 Å². The molecule has 0 aliphatic carbocycles. The summed E-state index contributed by atoms with van der Waals surface area (Å²) >= 11 is 3.47. The first-order valence-electron chi connectivity index (χ1n) is 6.46. The zero-order valence-electron chi connectivity index (χ0n) is 10.8. The minimum atomic E-state index is 0.924. The van der Waals surface area contributed by atoms with E-state index in [0.29, 0.717) is 0 Å². The summed E-state index contributed by atoms with van der Waals surface area (Å²) in [5.74, 6) is 0.924. The Kier molecular flexibility index (Phi) is 5.06. The molecule has 0 fully saturated rings. The first-order valence-corrected chi connectivity index (χ1v) is 7.58. The van der Waals surface area contributed by atoms with Crippen molar-refractivity contribution >= 4 is 26.7 Å². The number of benzene rings is 2. The largest absolute Gasteiger partial charge is 0.497 e. The monoisotopic (exact) mass is 306 g/mol. The highest BCUT2D eigenvalue weighted by Crippen LogP contribution is 2.22. The topological polar surface area (TPSA) is 9.23 Å². The zero-order valence-corrected chi connectivity index (χ0v) is 12.4. The number of halogens is 1. The van der Waals surface area contributed by atoms with Crippen LogP contribution in [0.1, 0.15) is 24.8 Å². The number of unbranched alkanes of at least 4 members (excludes halogenated alkanes) is 2. The maximum Gasteiger partial charge on any atom is 0.119 e. The number of hydrogen-bond donors (Lipinski definition) is 0. The first-order chi connectivity index (χ1) is 8.83. The van der Waals surface area contributed by atoms with E-state index >= 15 is 0 Å². The van der Waals surface area contributed by atoms with E-state index in [1.807, 2.05) is 6.07 Å². The van der Waals surface area contributed by atoms with Gasteiger partial charge in [-0.05, 0) is 47.7 Å². The SMILES string of the molecule is COc1ccc2cc(CCCCCBr)ccc2c1. The fourth-order valence-corrected chi connectivity index (χ4v) is 2.55. The third-order valence-corrected chi connectivity index (χ3v) is 3.77. The standard InChI is InChI=1S/C16H19BrO/c1-18-16-9-8-14-11-13(5-3-2-4-10-17)6-7-15(14)12-16/h6-9,11-12H,2-5,10H2,1H3. The molecule has 0 heterocycles. The molecular weight excluding hydrogens is 288 g/mol. The van der Waals surface area contributed by atoms with Crippen LogP contribution in [0.4, 0.5) is 0 Å². The Morgan fingerprint density at radius 2 is 1.72 bits per heavy atom. The second-order valence-corrected chi connectivity index (χ2v) is 5.34. The molecule has 0 spiro atoms. The molecule has 1 nitrogen and oxygen atoms in total. The van der Waals surface area contributed by atoms with E-state index < -0.39 is 0 Å². The van der Waals surface area contributed by atoms with E-state index in [-0.39, 0.29) is 0 Å². The third kappa shape index (κ3) is 3.49. The predicted octanol–water partition coefficient (Wildman–Crippen LogP) is 4.96. The average molecular weight is 307 g/mol. The van der Waals surface area contributed by atoms with Gasteiger partial charge in [-0.2, -0.15) is 0 Å². The Morgan fingerprint density at radius 3 is 2.50 bits per heavy atom. The maximum absolute atomic E-state index is 5.24. The molecule has 0 unspecified atom stereocenters. The molecule has 0 aliphatic heterocycles. The summed E-state index contributed by atoms with van der Waals surface area (Å²) in [5, 5.41) is 3.66. The number of ether oxygens (including phenoxy) is 1. The normalized spacial score (nSPS) is 10.8. The molecule has 0 aromatic heterocycles. The molecule has 2 rings (SSSR count). The molecule has 0 saturated heterocycles. The van der Waals surface area contributed by atoms with E-state index in [1.165, 1.54) is 42.0 Å². The van der Waals surface area contributed by atoms with Crippen molar-refractivity contribution in [2.75, 3.05) is 12.4 Å². The molecule has 2 heteroatoms. The molecular formula is C16H19BrO. The summed E-state index contributed by atoms with van der Waals surface area (Å²) < 4.78 is 5.24. The van der Waals surface area contributed by atoms with Gasteiger partial charge in [0, 0.05) is 5.33 Å². The molecule has 0 saturated carbocycles. The summed E-state index contributed by atoms with van der Waals surface area (Å²) in [5.41, 5.74) is 1.43. The second kappa shape index (κ2) is 6.79. The molecule has 96 valence electrons. The number of alkyl halides is 1. The lowest BCUT2D eigenvalue weighted by molar-refractivity contribution is 0.415. The fraction of sp³-hybridized carbons (Fsp3) is 0.375. The maximum atomic E-state index is 5.24. The van der Waals surface area contributed by atoms with Crippen molar-refractivity contribution in [2.24, 2.45) is 0 Å². The molecule has 0 bridgehead atoms. The molecule has 0 N–H and O–H groups in total. The minimum Gasteiger partial charge on any atom is -0.497 e. The van der Waals surface area contributed by atoms with E-state index in [4.69, 9.17) is 4.74 Å². The lowest BCUT2D eigenvalue weighted by Crippen LogP contribution is -1.87. The van der Waals surface area contributed by atoms with Crippen LogP contribution in [0.3, 0.4) is 0 Å². The van der Waals surface area contributed by atoms with Crippen LogP contribution in [0, 0.1) is 0 Å². The first kappa shape index (κ1) is 13.4. The van der Waals surface area contributed by atoms with Crippen molar-refractivity contribution in [3.05, 3.63) is 42.0 Å². The van der Waals surface area contributed by atoms with Crippen molar-refractivity contribution in [1.82, 2.24) is 0 Å². The van der Waals surface area contributed by atoms with Gasteiger partial charge in [-0.1, -0.05) is 46.6 Å². The van der Waals surface area contributed by atoms with Crippen LogP contribution in [-0.2, 0) is 6.42 Å². The van der Waals surface area contributed by atoms with Crippen LogP contribution in [0.5, 0.6) is 5.75 Å². The van der Waals surface area contributed by atoms with Crippen LogP contribution >= 0.6 is 15.9 Å². The van der Waals surface area contributed by atoms with Gasteiger partial charge in [0.05, 0.1) is 7.11 Å². The second-order valence-electron chi connectivity index (χ2n) is 4.55. The van der Waals surface area contributed by atoms with Gasteiger partial charge in [0.15, 0.2) is 0 Å². The lowest BCUT2D eigenvalue weighted by atomic mass is 10.0. The Bertz CT molecular complexity index is 507. The Hall–Kier alpha value is -1.02. The van der Waals surface area contributed by atoms with Crippen LogP contribution in [0.25, 0.3) is 10.8 Å². The van der Waals surface area contributed by atoms with Gasteiger partial charge in [-0.25, -0.2) is 0 Å². The summed E-state index contributed by atoms with van der Waals surface area (Å²) in [6.07, 6.45) is 5.01. The molecule has 18 heavy (non-hydrogen) atoms. The fourth-order valence-electron chi connectivity index (χ4n) is 2.16. The highest BCUT2D eigenvalue weighted by atomic mass is 79.9. The van der Waals surface area contributed by atoms with Gasteiger partial charge in [0.1, 0.15) is 5.75 Å². The highest BCUT2D eigenvalue weighted by molar-refractivity contribution is 9.09. The quantitative estimate of drug-likeness (QED) is 0.541. The van der Waals surface area contributed by atoms with Crippen LogP contribution < -0.4 is 4.74 Å². The van der Waals surface area contributed by atoms with Gasteiger partial charge in [0.2, 0.25) is 0 Å².